The molecule has 1 unspecified atom stereocenters. The largest absolute Gasteiger partial charge is 0.384 e. The fraction of sp³-hybridized carbons (Fsp3) is 0.625. The number of halogens is 1. The maximum atomic E-state index is 5.26. The van der Waals surface area contributed by atoms with Crippen LogP contribution in [0, 0.1) is 12.8 Å². The van der Waals surface area contributed by atoms with Gasteiger partial charge in [-0.05, 0) is 32.4 Å². The maximum Gasteiger partial charge on any atom is 0.194 e. The van der Waals surface area contributed by atoms with Gasteiger partial charge in [-0.3, -0.25) is 4.98 Å². The summed E-state index contributed by atoms with van der Waals surface area (Å²) in [5, 5.41) is 3.38. The van der Waals surface area contributed by atoms with Crippen LogP contribution in [0.2, 0.25) is 0 Å². The van der Waals surface area contributed by atoms with E-state index in [4.69, 9.17) is 9.73 Å². The van der Waals surface area contributed by atoms with Gasteiger partial charge in [-0.1, -0.05) is 6.07 Å². The van der Waals surface area contributed by atoms with Gasteiger partial charge >= 0.3 is 0 Å². The Balaban J connectivity index is 0.00000242. The number of aryl methyl sites for hydroxylation is 1. The van der Waals surface area contributed by atoms with Gasteiger partial charge in [0.25, 0.3) is 0 Å². The number of methoxy groups -OCH3 is 1. The molecule has 0 aromatic carbocycles. The van der Waals surface area contributed by atoms with Gasteiger partial charge in [0.2, 0.25) is 0 Å². The fourth-order valence-corrected chi connectivity index (χ4v) is 2.67. The molecule has 1 aliphatic heterocycles. The molecule has 1 aromatic heterocycles. The highest BCUT2D eigenvalue weighted by atomic mass is 127. The molecule has 124 valence electrons. The summed E-state index contributed by atoms with van der Waals surface area (Å²) < 4.78 is 5.26. The van der Waals surface area contributed by atoms with Crippen molar-refractivity contribution in [2.45, 2.75) is 26.8 Å². The van der Waals surface area contributed by atoms with Crippen molar-refractivity contribution in [2.75, 3.05) is 33.4 Å². The van der Waals surface area contributed by atoms with Crippen molar-refractivity contribution in [3.8, 4) is 0 Å². The molecular formula is C16H27IN4O. The van der Waals surface area contributed by atoms with Crippen molar-refractivity contribution in [1.29, 1.82) is 0 Å². The van der Waals surface area contributed by atoms with Crippen molar-refractivity contribution >= 4 is 29.9 Å². The van der Waals surface area contributed by atoms with Crippen molar-refractivity contribution in [2.24, 2.45) is 10.9 Å². The van der Waals surface area contributed by atoms with Crippen molar-refractivity contribution in [1.82, 2.24) is 15.2 Å². The molecule has 22 heavy (non-hydrogen) atoms. The van der Waals surface area contributed by atoms with Crippen molar-refractivity contribution < 1.29 is 4.74 Å². The van der Waals surface area contributed by atoms with Gasteiger partial charge in [-0.25, -0.2) is 4.99 Å². The summed E-state index contributed by atoms with van der Waals surface area (Å²) in [6.07, 6.45) is 1.17. The summed E-state index contributed by atoms with van der Waals surface area (Å²) >= 11 is 0. The van der Waals surface area contributed by atoms with Crippen LogP contribution in [0.5, 0.6) is 0 Å². The van der Waals surface area contributed by atoms with E-state index in [0.29, 0.717) is 12.5 Å². The highest BCUT2D eigenvalue weighted by Crippen LogP contribution is 2.16. The number of ether oxygens (including phenoxy) is 1. The lowest BCUT2D eigenvalue weighted by Crippen LogP contribution is -2.40. The van der Waals surface area contributed by atoms with Crippen LogP contribution in [-0.4, -0.2) is 49.2 Å². The SMILES string of the molecule is CCNC(=NCc1cccc(C)n1)N1CCC(COC)C1.I. The summed E-state index contributed by atoms with van der Waals surface area (Å²) in [6, 6.07) is 6.07. The zero-order valence-corrected chi connectivity index (χ0v) is 16.0. The highest BCUT2D eigenvalue weighted by molar-refractivity contribution is 14.0. The molecule has 0 amide bonds. The van der Waals surface area contributed by atoms with E-state index < -0.39 is 0 Å². The van der Waals surface area contributed by atoms with Gasteiger partial charge in [-0.15, -0.1) is 24.0 Å². The van der Waals surface area contributed by atoms with Gasteiger partial charge in [0, 0.05) is 38.4 Å². The molecule has 1 aliphatic rings. The number of aliphatic imine (C=N–C) groups is 1. The van der Waals surface area contributed by atoms with Crippen LogP contribution in [-0.2, 0) is 11.3 Å². The number of likely N-dealkylation sites (tertiary alicyclic amines) is 1. The van der Waals surface area contributed by atoms with Crippen LogP contribution in [0.4, 0.5) is 0 Å². The Bertz CT molecular complexity index is 481. The van der Waals surface area contributed by atoms with E-state index in [1.54, 1.807) is 7.11 Å². The number of hydrogen-bond acceptors (Lipinski definition) is 3. The quantitative estimate of drug-likeness (QED) is 0.454. The van der Waals surface area contributed by atoms with Gasteiger partial charge in [0.05, 0.1) is 18.8 Å². The van der Waals surface area contributed by atoms with Crippen LogP contribution < -0.4 is 5.32 Å². The van der Waals surface area contributed by atoms with E-state index in [-0.39, 0.29) is 24.0 Å². The molecular weight excluding hydrogens is 391 g/mol. The van der Waals surface area contributed by atoms with E-state index in [9.17, 15) is 0 Å². The molecule has 1 fully saturated rings. The minimum absolute atomic E-state index is 0. The predicted octanol–water partition coefficient (Wildman–Crippen LogP) is 2.44. The van der Waals surface area contributed by atoms with Crippen LogP contribution in [0.25, 0.3) is 0 Å². The van der Waals surface area contributed by atoms with E-state index in [2.05, 4.69) is 22.1 Å². The number of aromatic nitrogens is 1. The minimum Gasteiger partial charge on any atom is -0.384 e. The molecule has 1 atom stereocenters. The second kappa shape index (κ2) is 9.99. The summed E-state index contributed by atoms with van der Waals surface area (Å²) in [4.78, 5) is 11.6. The number of pyridine rings is 1. The molecule has 1 N–H and O–H groups in total. The Hall–Kier alpha value is -0.890. The average molecular weight is 418 g/mol. The average Bonchev–Trinajstić information content (AvgIpc) is 2.92. The molecule has 5 nitrogen and oxygen atoms in total. The third-order valence-electron chi connectivity index (χ3n) is 3.66. The Morgan fingerprint density at radius 3 is 3.00 bits per heavy atom. The molecule has 1 aromatic rings. The molecule has 2 rings (SSSR count). The standard InChI is InChI=1S/C16H26N4O.HI/c1-4-17-16(20-9-8-14(11-20)12-21-3)18-10-15-7-5-6-13(2)19-15;/h5-7,14H,4,8-12H2,1-3H3,(H,17,18);1H. The van der Waals surface area contributed by atoms with E-state index >= 15 is 0 Å². The number of guanidine groups is 1. The molecule has 0 saturated carbocycles. The lowest BCUT2D eigenvalue weighted by Gasteiger charge is -2.21. The Morgan fingerprint density at radius 2 is 2.32 bits per heavy atom. The zero-order valence-electron chi connectivity index (χ0n) is 13.7. The van der Waals surface area contributed by atoms with E-state index in [1.165, 1.54) is 6.42 Å². The van der Waals surface area contributed by atoms with Crippen LogP contribution >= 0.6 is 24.0 Å². The second-order valence-electron chi connectivity index (χ2n) is 5.50. The molecule has 0 bridgehead atoms. The van der Waals surface area contributed by atoms with Gasteiger partial charge in [0.1, 0.15) is 0 Å². The van der Waals surface area contributed by atoms with Crippen LogP contribution in [0.1, 0.15) is 24.7 Å². The molecule has 0 radical (unpaired) electrons. The van der Waals surface area contributed by atoms with Crippen molar-refractivity contribution in [3.05, 3.63) is 29.6 Å². The molecule has 6 heteroatoms. The third kappa shape index (κ3) is 5.72. The molecule has 0 aliphatic carbocycles. The first-order valence-electron chi connectivity index (χ1n) is 7.67. The number of nitrogens with one attached hydrogen (secondary N) is 1. The fourth-order valence-electron chi connectivity index (χ4n) is 2.67. The van der Waals surface area contributed by atoms with Crippen molar-refractivity contribution in [3.63, 3.8) is 0 Å². The first-order chi connectivity index (χ1) is 10.2. The predicted molar refractivity (Wildman–Crippen MR) is 101 cm³/mol. The van der Waals surface area contributed by atoms with E-state index in [0.717, 1.165) is 43.6 Å². The number of hydrogen-bond donors (Lipinski definition) is 1. The number of nitrogens with zero attached hydrogens (tertiary/aromatic N) is 3. The van der Waals surface area contributed by atoms with Gasteiger partial charge in [-0.2, -0.15) is 0 Å². The van der Waals surface area contributed by atoms with E-state index in [1.807, 2.05) is 25.1 Å². The first-order valence-corrected chi connectivity index (χ1v) is 7.67. The van der Waals surface area contributed by atoms with Crippen LogP contribution in [0.15, 0.2) is 23.2 Å². The highest BCUT2D eigenvalue weighted by Gasteiger charge is 2.24. The van der Waals surface area contributed by atoms with Crippen LogP contribution in [0.3, 0.4) is 0 Å². The topological polar surface area (TPSA) is 49.8 Å². The maximum absolute atomic E-state index is 5.26. The lowest BCUT2D eigenvalue weighted by atomic mass is 10.1. The molecule has 2 heterocycles. The Kier molecular flexibility index (Phi) is 8.70. The molecule has 1 saturated heterocycles. The summed E-state index contributed by atoms with van der Waals surface area (Å²) in [6.45, 7) is 8.50. The smallest absolute Gasteiger partial charge is 0.194 e. The Morgan fingerprint density at radius 1 is 1.50 bits per heavy atom. The molecule has 0 spiro atoms. The van der Waals surface area contributed by atoms with Gasteiger partial charge < -0.3 is 15.0 Å². The third-order valence-corrected chi connectivity index (χ3v) is 3.66. The van der Waals surface area contributed by atoms with Gasteiger partial charge in [0.15, 0.2) is 5.96 Å². The zero-order chi connectivity index (χ0) is 15.1. The summed E-state index contributed by atoms with van der Waals surface area (Å²) in [5.41, 5.74) is 2.05. The first kappa shape index (κ1) is 19.2. The normalized spacial score (nSPS) is 18.2. The summed E-state index contributed by atoms with van der Waals surface area (Å²) in [7, 11) is 1.77. The number of rotatable bonds is 5. The minimum atomic E-state index is 0. The monoisotopic (exact) mass is 418 g/mol. The Labute approximate surface area is 150 Å². The second-order valence-corrected chi connectivity index (χ2v) is 5.50. The lowest BCUT2D eigenvalue weighted by molar-refractivity contribution is 0.157. The summed E-state index contributed by atoms with van der Waals surface area (Å²) in [5.74, 6) is 1.59.